The zero-order valence-electron chi connectivity index (χ0n) is 10.4. The lowest BCUT2D eigenvalue weighted by molar-refractivity contribution is -0.144. The Morgan fingerprint density at radius 1 is 1.65 bits per heavy atom. The molecule has 0 aliphatic carbocycles. The van der Waals surface area contributed by atoms with Crippen LogP contribution in [0.15, 0.2) is 12.4 Å². The van der Waals surface area contributed by atoms with Gasteiger partial charge in [0.2, 0.25) is 0 Å². The van der Waals surface area contributed by atoms with Gasteiger partial charge < -0.3 is 9.30 Å². The second-order valence-electron chi connectivity index (χ2n) is 3.90. The molecule has 0 saturated carbocycles. The molecule has 1 rings (SSSR count). The minimum absolute atomic E-state index is 0.308. The number of aryl methyl sites for hydroxylation is 2. The highest BCUT2D eigenvalue weighted by Crippen LogP contribution is 2.02. The molecule has 5 nitrogen and oxygen atoms in total. The van der Waals surface area contributed by atoms with E-state index in [1.54, 1.807) is 13.1 Å². The van der Waals surface area contributed by atoms with E-state index < -0.39 is 10.8 Å². The highest BCUT2D eigenvalue weighted by molar-refractivity contribution is 7.85. The van der Waals surface area contributed by atoms with Gasteiger partial charge in [-0.15, -0.1) is 0 Å². The molecule has 2 unspecified atom stereocenters. The van der Waals surface area contributed by atoms with Crippen molar-refractivity contribution < 1.29 is 13.7 Å². The zero-order chi connectivity index (χ0) is 12.8. The molecule has 0 aliphatic heterocycles. The van der Waals surface area contributed by atoms with Gasteiger partial charge in [-0.3, -0.25) is 9.00 Å². The summed E-state index contributed by atoms with van der Waals surface area (Å²) < 4.78 is 18.3. The standard InChI is InChI=1S/C11H18N2O3S/c1-9(11(14)16-3)8-17(15)7-6-13-5-4-12-10(13)2/h4-5,9H,6-8H2,1-3H3. The lowest BCUT2D eigenvalue weighted by Gasteiger charge is -2.09. The third-order valence-electron chi connectivity index (χ3n) is 2.52. The van der Waals surface area contributed by atoms with Gasteiger partial charge in [-0.25, -0.2) is 4.98 Å². The van der Waals surface area contributed by atoms with Gasteiger partial charge in [0, 0.05) is 41.2 Å². The molecule has 96 valence electrons. The molecule has 6 heteroatoms. The number of methoxy groups -OCH3 is 1. The minimum atomic E-state index is -1.01. The predicted octanol–water partition coefficient (Wildman–Crippen LogP) is 0.749. The topological polar surface area (TPSA) is 61.2 Å². The fourth-order valence-corrected chi connectivity index (χ4v) is 2.73. The van der Waals surface area contributed by atoms with Crippen molar-refractivity contribution in [1.29, 1.82) is 0 Å². The highest BCUT2D eigenvalue weighted by Gasteiger charge is 2.16. The number of nitrogens with zero attached hydrogens (tertiary/aromatic N) is 2. The Labute approximate surface area is 104 Å². The monoisotopic (exact) mass is 258 g/mol. The summed E-state index contributed by atoms with van der Waals surface area (Å²) in [6.07, 6.45) is 3.57. The first-order valence-electron chi connectivity index (χ1n) is 5.45. The first kappa shape index (κ1) is 13.9. The van der Waals surface area contributed by atoms with Gasteiger partial charge in [-0.05, 0) is 6.92 Å². The molecule has 0 aromatic carbocycles. The molecule has 2 atom stereocenters. The van der Waals surface area contributed by atoms with E-state index in [1.165, 1.54) is 7.11 Å². The van der Waals surface area contributed by atoms with Gasteiger partial charge in [0.1, 0.15) is 5.82 Å². The Bertz CT molecular complexity index is 403. The molecule has 0 spiro atoms. The van der Waals surface area contributed by atoms with E-state index in [4.69, 9.17) is 0 Å². The van der Waals surface area contributed by atoms with Crippen molar-refractivity contribution >= 4 is 16.8 Å². The SMILES string of the molecule is COC(=O)C(C)CS(=O)CCn1ccnc1C. The maximum Gasteiger partial charge on any atom is 0.309 e. The summed E-state index contributed by atoms with van der Waals surface area (Å²) in [5, 5.41) is 0. The summed E-state index contributed by atoms with van der Waals surface area (Å²) in [5.74, 6) is 1.16. The fraction of sp³-hybridized carbons (Fsp3) is 0.636. The van der Waals surface area contributed by atoms with Crippen molar-refractivity contribution in [3.8, 4) is 0 Å². The van der Waals surface area contributed by atoms with Crippen molar-refractivity contribution in [2.24, 2.45) is 5.92 Å². The summed E-state index contributed by atoms with van der Waals surface area (Å²) in [4.78, 5) is 15.2. The Kier molecular flexibility index (Phi) is 5.34. The van der Waals surface area contributed by atoms with Crippen LogP contribution in [-0.4, -0.2) is 38.3 Å². The molecule has 0 saturated heterocycles. The largest absolute Gasteiger partial charge is 0.469 e. The van der Waals surface area contributed by atoms with E-state index in [-0.39, 0.29) is 11.9 Å². The summed E-state index contributed by atoms with van der Waals surface area (Å²) >= 11 is 0. The van der Waals surface area contributed by atoms with Crippen LogP contribution in [0.5, 0.6) is 0 Å². The molecule has 0 amide bonds. The van der Waals surface area contributed by atoms with Crippen molar-refractivity contribution in [2.45, 2.75) is 20.4 Å². The maximum atomic E-state index is 11.7. The van der Waals surface area contributed by atoms with Crippen molar-refractivity contribution in [3.05, 3.63) is 18.2 Å². The fourth-order valence-electron chi connectivity index (χ4n) is 1.47. The number of imidazole rings is 1. The van der Waals surface area contributed by atoms with E-state index >= 15 is 0 Å². The van der Waals surface area contributed by atoms with Gasteiger partial charge in [0.15, 0.2) is 0 Å². The lowest BCUT2D eigenvalue weighted by atomic mass is 10.2. The third-order valence-corrected chi connectivity index (χ3v) is 4.03. The number of hydrogen-bond donors (Lipinski definition) is 0. The molecule has 17 heavy (non-hydrogen) atoms. The highest BCUT2D eigenvalue weighted by atomic mass is 32.2. The third kappa shape index (κ3) is 4.30. The Morgan fingerprint density at radius 3 is 2.88 bits per heavy atom. The average Bonchev–Trinajstić information content (AvgIpc) is 2.71. The molecule has 1 aromatic rings. The summed E-state index contributed by atoms with van der Waals surface area (Å²) in [5.41, 5.74) is 0. The van der Waals surface area contributed by atoms with Crippen LogP contribution in [0.1, 0.15) is 12.7 Å². The Morgan fingerprint density at radius 2 is 2.35 bits per heavy atom. The van der Waals surface area contributed by atoms with Crippen LogP contribution in [0.25, 0.3) is 0 Å². The zero-order valence-corrected chi connectivity index (χ0v) is 11.2. The number of carbonyl (C=O) groups is 1. The number of ether oxygens (including phenoxy) is 1. The molecule has 0 radical (unpaired) electrons. The normalized spacial score (nSPS) is 14.3. The maximum absolute atomic E-state index is 11.7. The number of rotatable bonds is 6. The molecular formula is C11H18N2O3S. The van der Waals surface area contributed by atoms with E-state index in [2.05, 4.69) is 9.72 Å². The van der Waals surface area contributed by atoms with Crippen LogP contribution in [0.3, 0.4) is 0 Å². The molecule has 1 aromatic heterocycles. The molecule has 0 N–H and O–H groups in total. The van der Waals surface area contributed by atoms with Gasteiger partial charge >= 0.3 is 5.97 Å². The summed E-state index contributed by atoms with van der Waals surface area (Å²) in [7, 11) is 0.329. The van der Waals surface area contributed by atoms with Crippen LogP contribution >= 0.6 is 0 Å². The second kappa shape index (κ2) is 6.54. The minimum Gasteiger partial charge on any atom is -0.469 e. The van der Waals surface area contributed by atoms with Gasteiger partial charge in [-0.2, -0.15) is 0 Å². The molecular weight excluding hydrogens is 240 g/mol. The lowest BCUT2D eigenvalue weighted by Crippen LogP contribution is -2.21. The number of carbonyl (C=O) groups excluding carboxylic acids is 1. The van der Waals surface area contributed by atoms with E-state index in [9.17, 15) is 9.00 Å². The average molecular weight is 258 g/mol. The first-order chi connectivity index (χ1) is 8.04. The molecule has 0 bridgehead atoms. The Hall–Kier alpha value is -1.17. The van der Waals surface area contributed by atoms with Crippen LogP contribution in [0.2, 0.25) is 0 Å². The van der Waals surface area contributed by atoms with Gasteiger partial charge in [-0.1, -0.05) is 6.92 Å². The van der Waals surface area contributed by atoms with Crippen molar-refractivity contribution in [2.75, 3.05) is 18.6 Å². The van der Waals surface area contributed by atoms with E-state index in [0.717, 1.165) is 5.82 Å². The van der Waals surface area contributed by atoms with Gasteiger partial charge in [0.25, 0.3) is 0 Å². The smallest absolute Gasteiger partial charge is 0.309 e. The summed E-state index contributed by atoms with van der Waals surface area (Å²) in [6, 6.07) is 0. The van der Waals surface area contributed by atoms with Gasteiger partial charge in [0.05, 0.1) is 13.0 Å². The Balaban J connectivity index is 2.36. The quantitative estimate of drug-likeness (QED) is 0.706. The number of hydrogen-bond acceptors (Lipinski definition) is 4. The number of esters is 1. The van der Waals surface area contributed by atoms with Crippen LogP contribution < -0.4 is 0 Å². The predicted molar refractivity (Wildman–Crippen MR) is 66.0 cm³/mol. The number of aromatic nitrogens is 2. The van der Waals surface area contributed by atoms with Crippen molar-refractivity contribution in [1.82, 2.24) is 9.55 Å². The first-order valence-corrected chi connectivity index (χ1v) is 6.94. The van der Waals surface area contributed by atoms with Crippen LogP contribution in [0.4, 0.5) is 0 Å². The molecule has 0 fully saturated rings. The summed E-state index contributed by atoms with van der Waals surface area (Å²) in [6.45, 7) is 4.29. The molecule has 1 heterocycles. The second-order valence-corrected chi connectivity index (χ2v) is 5.52. The van der Waals surface area contributed by atoms with E-state index in [1.807, 2.05) is 17.7 Å². The van der Waals surface area contributed by atoms with Crippen LogP contribution in [-0.2, 0) is 26.9 Å². The van der Waals surface area contributed by atoms with Crippen molar-refractivity contribution in [3.63, 3.8) is 0 Å². The van der Waals surface area contributed by atoms with Crippen LogP contribution in [0, 0.1) is 12.8 Å². The molecule has 0 aliphatic rings. The van der Waals surface area contributed by atoms with E-state index in [0.29, 0.717) is 18.1 Å².